The van der Waals surface area contributed by atoms with Gasteiger partial charge in [-0.3, -0.25) is 4.79 Å². The summed E-state index contributed by atoms with van der Waals surface area (Å²) in [4.78, 5) is 11.8. The van der Waals surface area contributed by atoms with Crippen molar-refractivity contribution in [3.8, 4) is 0 Å². The molecule has 1 nitrogen and oxygen atoms in total. The van der Waals surface area contributed by atoms with Crippen molar-refractivity contribution in [2.45, 2.75) is 84.0 Å². The summed E-state index contributed by atoms with van der Waals surface area (Å²) in [5, 5.41) is 0. The SMILES string of the molecule is CCCCCCCCCCCC(=O)CCc1ccccc1. The quantitative estimate of drug-likeness (QED) is 0.400. The third kappa shape index (κ3) is 10.3. The van der Waals surface area contributed by atoms with Crippen LogP contribution in [0.3, 0.4) is 0 Å². The number of aryl methyl sites for hydroxylation is 1. The minimum Gasteiger partial charge on any atom is -0.300 e. The highest BCUT2D eigenvalue weighted by molar-refractivity contribution is 5.78. The number of carbonyl (C=O) groups is 1. The topological polar surface area (TPSA) is 17.1 Å². The Kier molecular flexibility index (Phi) is 10.8. The zero-order chi connectivity index (χ0) is 15.2. The molecule has 1 heteroatoms. The average Bonchev–Trinajstić information content (AvgIpc) is 2.52. The predicted octanol–water partition coefficient (Wildman–Crippen LogP) is 6.11. The molecular formula is C20H32O. The second kappa shape index (κ2) is 12.6. The third-order valence-electron chi connectivity index (χ3n) is 4.09. The molecule has 0 atom stereocenters. The summed E-state index contributed by atoms with van der Waals surface area (Å²) in [7, 11) is 0. The average molecular weight is 288 g/mol. The standard InChI is InChI=1S/C20H32O/c1-2-3-4-5-6-7-8-9-13-16-20(21)18-17-19-14-11-10-12-15-19/h10-12,14-15H,2-9,13,16-18H2,1H3. The van der Waals surface area contributed by atoms with E-state index in [1.54, 1.807) is 0 Å². The van der Waals surface area contributed by atoms with E-state index in [0.29, 0.717) is 12.2 Å². The number of carbonyl (C=O) groups excluding carboxylic acids is 1. The molecule has 0 spiro atoms. The van der Waals surface area contributed by atoms with Crippen LogP contribution >= 0.6 is 0 Å². The van der Waals surface area contributed by atoms with Crippen LogP contribution in [0.15, 0.2) is 30.3 Å². The number of ketones is 1. The van der Waals surface area contributed by atoms with E-state index in [1.165, 1.54) is 56.9 Å². The van der Waals surface area contributed by atoms with Crippen LogP contribution < -0.4 is 0 Å². The Morgan fingerprint density at radius 3 is 1.95 bits per heavy atom. The maximum absolute atomic E-state index is 11.8. The van der Waals surface area contributed by atoms with Crippen LogP contribution in [-0.2, 0) is 11.2 Å². The van der Waals surface area contributed by atoms with Gasteiger partial charge in [-0.05, 0) is 18.4 Å². The summed E-state index contributed by atoms with van der Waals surface area (Å²) in [6, 6.07) is 10.3. The summed E-state index contributed by atoms with van der Waals surface area (Å²) >= 11 is 0. The van der Waals surface area contributed by atoms with Crippen LogP contribution in [0.1, 0.15) is 83.1 Å². The summed E-state index contributed by atoms with van der Waals surface area (Å²) in [5.41, 5.74) is 1.28. The van der Waals surface area contributed by atoms with Crippen LogP contribution in [0.25, 0.3) is 0 Å². The van der Waals surface area contributed by atoms with Crippen molar-refractivity contribution >= 4 is 5.78 Å². The first-order valence-electron chi connectivity index (χ1n) is 8.88. The van der Waals surface area contributed by atoms with Gasteiger partial charge in [0.15, 0.2) is 0 Å². The highest BCUT2D eigenvalue weighted by Gasteiger charge is 2.02. The molecular weight excluding hydrogens is 256 g/mol. The van der Waals surface area contributed by atoms with Gasteiger partial charge in [0.1, 0.15) is 5.78 Å². The molecule has 0 saturated carbocycles. The molecule has 0 fully saturated rings. The second-order valence-corrected chi connectivity index (χ2v) is 6.10. The van der Waals surface area contributed by atoms with Gasteiger partial charge in [0, 0.05) is 12.8 Å². The minimum atomic E-state index is 0.432. The first-order chi connectivity index (χ1) is 10.3. The molecule has 0 aliphatic heterocycles. The molecule has 0 radical (unpaired) electrons. The van der Waals surface area contributed by atoms with E-state index in [-0.39, 0.29) is 0 Å². The zero-order valence-electron chi connectivity index (χ0n) is 13.8. The van der Waals surface area contributed by atoms with Crippen molar-refractivity contribution in [1.82, 2.24) is 0 Å². The van der Waals surface area contributed by atoms with Crippen LogP contribution in [0.5, 0.6) is 0 Å². The lowest BCUT2D eigenvalue weighted by molar-refractivity contribution is -0.119. The Labute approximate surface area is 131 Å². The largest absolute Gasteiger partial charge is 0.300 e. The highest BCUT2D eigenvalue weighted by atomic mass is 16.1. The van der Waals surface area contributed by atoms with E-state index in [0.717, 1.165) is 19.3 Å². The predicted molar refractivity (Wildman–Crippen MR) is 91.6 cm³/mol. The number of hydrogen-bond acceptors (Lipinski definition) is 1. The van der Waals surface area contributed by atoms with Gasteiger partial charge in [-0.2, -0.15) is 0 Å². The molecule has 0 bridgehead atoms. The van der Waals surface area contributed by atoms with E-state index in [1.807, 2.05) is 18.2 Å². The second-order valence-electron chi connectivity index (χ2n) is 6.10. The number of benzene rings is 1. The van der Waals surface area contributed by atoms with Gasteiger partial charge < -0.3 is 0 Å². The Morgan fingerprint density at radius 1 is 0.762 bits per heavy atom. The lowest BCUT2D eigenvalue weighted by Crippen LogP contribution is -2.00. The molecule has 0 heterocycles. The maximum Gasteiger partial charge on any atom is 0.133 e. The van der Waals surface area contributed by atoms with Crippen LogP contribution in [-0.4, -0.2) is 5.78 Å². The van der Waals surface area contributed by atoms with Crippen LogP contribution in [0.2, 0.25) is 0 Å². The van der Waals surface area contributed by atoms with Gasteiger partial charge in [0.2, 0.25) is 0 Å². The molecule has 0 aliphatic rings. The number of Topliss-reactive ketones (excluding diaryl/α,β-unsaturated/α-hetero) is 1. The van der Waals surface area contributed by atoms with E-state index >= 15 is 0 Å². The molecule has 1 aromatic carbocycles. The maximum atomic E-state index is 11.8. The first kappa shape index (κ1) is 17.9. The fourth-order valence-corrected chi connectivity index (χ4v) is 2.69. The lowest BCUT2D eigenvalue weighted by atomic mass is 10.0. The molecule has 0 unspecified atom stereocenters. The Balaban J connectivity index is 1.89. The van der Waals surface area contributed by atoms with Gasteiger partial charge >= 0.3 is 0 Å². The third-order valence-corrected chi connectivity index (χ3v) is 4.09. The molecule has 118 valence electrons. The normalized spacial score (nSPS) is 10.7. The van der Waals surface area contributed by atoms with Gasteiger partial charge in [-0.1, -0.05) is 88.6 Å². The fourth-order valence-electron chi connectivity index (χ4n) is 2.69. The molecule has 1 rings (SSSR count). The van der Waals surface area contributed by atoms with Gasteiger partial charge in [0.05, 0.1) is 0 Å². The summed E-state index contributed by atoms with van der Waals surface area (Å²) in [6.07, 6.45) is 14.2. The van der Waals surface area contributed by atoms with E-state index < -0.39 is 0 Å². The summed E-state index contributed by atoms with van der Waals surface area (Å²) in [6.45, 7) is 2.26. The first-order valence-corrected chi connectivity index (χ1v) is 8.88. The van der Waals surface area contributed by atoms with Crippen molar-refractivity contribution in [2.24, 2.45) is 0 Å². The van der Waals surface area contributed by atoms with E-state index in [9.17, 15) is 4.79 Å². The van der Waals surface area contributed by atoms with Crippen LogP contribution in [0.4, 0.5) is 0 Å². The van der Waals surface area contributed by atoms with Gasteiger partial charge in [-0.15, -0.1) is 0 Å². The van der Waals surface area contributed by atoms with Gasteiger partial charge in [-0.25, -0.2) is 0 Å². The molecule has 0 amide bonds. The molecule has 0 aliphatic carbocycles. The smallest absolute Gasteiger partial charge is 0.133 e. The molecule has 0 N–H and O–H groups in total. The number of unbranched alkanes of at least 4 members (excludes halogenated alkanes) is 8. The fraction of sp³-hybridized carbons (Fsp3) is 0.650. The van der Waals surface area contributed by atoms with E-state index in [4.69, 9.17) is 0 Å². The number of rotatable bonds is 13. The Morgan fingerprint density at radius 2 is 1.33 bits per heavy atom. The van der Waals surface area contributed by atoms with Crippen molar-refractivity contribution in [2.75, 3.05) is 0 Å². The zero-order valence-corrected chi connectivity index (χ0v) is 13.8. The van der Waals surface area contributed by atoms with Gasteiger partial charge in [0.25, 0.3) is 0 Å². The van der Waals surface area contributed by atoms with Crippen molar-refractivity contribution in [3.05, 3.63) is 35.9 Å². The molecule has 0 saturated heterocycles. The monoisotopic (exact) mass is 288 g/mol. The minimum absolute atomic E-state index is 0.432. The van der Waals surface area contributed by atoms with Crippen LogP contribution in [0, 0.1) is 0 Å². The highest BCUT2D eigenvalue weighted by Crippen LogP contribution is 2.11. The Hall–Kier alpha value is -1.11. The number of hydrogen-bond donors (Lipinski definition) is 0. The van der Waals surface area contributed by atoms with Crippen molar-refractivity contribution < 1.29 is 4.79 Å². The molecule has 21 heavy (non-hydrogen) atoms. The summed E-state index contributed by atoms with van der Waals surface area (Å²) in [5.74, 6) is 0.432. The lowest BCUT2D eigenvalue weighted by Gasteiger charge is -2.03. The Bertz CT molecular complexity index is 355. The summed E-state index contributed by atoms with van der Waals surface area (Å²) < 4.78 is 0. The van der Waals surface area contributed by atoms with Crippen molar-refractivity contribution in [1.29, 1.82) is 0 Å². The molecule has 1 aromatic rings. The van der Waals surface area contributed by atoms with Crippen molar-refractivity contribution in [3.63, 3.8) is 0 Å². The van der Waals surface area contributed by atoms with E-state index in [2.05, 4.69) is 19.1 Å². The molecule has 0 aromatic heterocycles.